The number of carbonyl (C=O) groups is 1. The number of carboxylic acids is 1. The largest absolute Gasteiger partial charge is 0.478 e. The van der Waals surface area contributed by atoms with E-state index in [0.717, 1.165) is 11.3 Å². The third-order valence-corrected chi connectivity index (χ3v) is 3.60. The van der Waals surface area contributed by atoms with Gasteiger partial charge in [0.1, 0.15) is 11.6 Å². The average molecular weight is 352 g/mol. The molecule has 3 N–H and O–H groups in total. The van der Waals surface area contributed by atoms with Crippen LogP contribution < -0.4 is 10.6 Å². The van der Waals surface area contributed by atoms with E-state index in [1.165, 1.54) is 24.3 Å². The molecule has 0 radical (unpaired) electrons. The highest BCUT2D eigenvalue weighted by Gasteiger charge is 2.06. The Morgan fingerprint density at radius 1 is 1.12 bits per heavy atom. The van der Waals surface area contributed by atoms with Crippen LogP contribution in [-0.2, 0) is 6.54 Å². The first-order valence-electron chi connectivity index (χ1n) is 7.94. The molecule has 7 heteroatoms. The van der Waals surface area contributed by atoms with E-state index in [4.69, 9.17) is 5.11 Å². The maximum absolute atomic E-state index is 13.0. The number of rotatable bonds is 6. The third-order valence-electron chi connectivity index (χ3n) is 3.60. The molecule has 0 aliphatic heterocycles. The van der Waals surface area contributed by atoms with Gasteiger partial charge in [-0.1, -0.05) is 18.2 Å². The summed E-state index contributed by atoms with van der Waals surface area (Å²) < 4.78 is 13.0. The summed E-state index contributed by atoms with van der Waals surface area (Å²) in [5.74, 6) is -0.308. The fourth-order valence-corrected chi connectivity index (χ4v) is 2.37. The Morgan fingerprint density at radius 2 is 1.88 bits per heavy atom. The average Bonchev–Trinajstić information content (AvgIpc) is 2.61. The van der Waals surface area contributed by atoms with Crippen molar-refractivity contribution in [2.75, 3.05) is 10.6 Å². The van der Waals surface area contributed by atoms with Crippen LogP contribution in [0.15, 0.2) is 54.6 Å². The summed E-state index contributed by atoms with van der Waals surface area (Å²) in [7, 11) is 0. The lowest BCUT2D eigenvalue weighted by molar-refractivity contribution is 0.0697. The number of hydrogen-bond acceptors (Lipinski definition) is 5. The van der Waals surface area contributed by atoms with E-state index in [2.05, 4.69) is 20.6 Å². The number of halogens is 1. The molecule has 2 aromatic carbocycles. The fourth-order valence-electron chi connectivity index (χ4n) is 2.37. The lowest BCUT2D eigenvalue weighted by Crippen LogP contribution is -2.06. The Morgan fingerprint density at radius 3 is 2.62 bits per heavy atom. The second-order valence-electron chi connectivity index (χ2n) is 5.71. The van der Waals surface area contributed by atoms with Crippen LogP contribution in [0, 0.1) is 12.7 Å². The molecule has 1 aromatic heterocycles. The van der Waals surface area contributed by atoms with Crippen LogP contribution in [0.25, 0.3) is 0 Å². The number of benzene rings is 2. The molecule has 0 saturated heterocycles. The molecule has 0 saturated carbocycles. The zero-order valence-corrected chi connectivity index (χ0v) is 14.0. The molecule has 3 aromatic rings. The fraction of sp³-hybridized carbons (Fsp3) is 0.105. The Hall–Kier alpha value is -3.48. The summed E-state index contributed by atoms with van der Waals surface area (Å²) in [5, 5.41) is 15.3. The highest BCUT2D eigenvalue weighted by molar-refractivity contribution is 5.89. The number of aromatic nitrogens is 2. The zero-order chi connectivity index (χ0) is 18.5. The first kappa shape index (κ1) is 17.3. The van der Waals surface area contributed by atoms with Crippen molar-refractivity contribution in [2.45, 2.75) is 13.5 Å². The van der Waals surface area contributed by atoms with E-state index in [9.17, 15) is 9.18 Å². The van der Waals surface area contributed by atoms with Gasteiger partial charge >= 0.3 is 5.97 Å². The minimum Gasteiger partial charge on any atom is -0.478 e. The highest BCUT2D eigenvalue weighted by atomic mass is 19.1. The van der Waals surface area contributed by atoms with Crippen molar-refractivity contribution in [2.24, 2.45) is 0 Å². The molecule has 1 heterocycles. The van der Waals surface area contributed by atoms with Gasteiger partial charge in [-0.2, -0.15) is 4.98 Å². The number of nitrogens with one attached hydrogen (secondary N) is 2. The number of aryl methyl sites for hydroxylation is 1. The predicted octanol–water partition coefficient (Wildman–Crippen LogP) is 3.98. The topological polar surface area (TPSA) is 87.1 Å². The van der Waals surface area contributed by atoms with Crippen LogP contribution in [0.2, 0.25) is 0 Å². The van der Waals surface area contributed by atoms with E-state index < -0.39 is 5.97 Å². The van der Waals surface area contributed by atoms with Gasteiger partial charge in [0, 0.05) is 24.0 Å². The van der Waals surface area contributed by atoms with Crippen LogP contribution in [0.1, 0.15) is 21.6 Å². The molecule has 0 aliphatic carbocycles. The van der Waals surface area contributed by atoms with Crippen molar-refractivity contribution in [1.29, 1.82) is 0 Å². The quantitative estimate of drug-likeness (QED) is 0.622. The molecular formula is C19H17FN4O2. The van der Waals surface area contributed by atoms with Gasteiger partial charge in [-0.25, -0.2) is 14.2 Å². The molecule has 26 heavy (non-hydrogen) atoms. The number of anilines is 3. The van der Waals surface area contributed by atoms with Crippen LogP contribution >= 0.6 is 0 Å². The molecule has 0 unspecified atom stereocenters. The minimum atomic E-state index is -0.992. The Bertz CT molecular complexity index is 929. The lowest BCUT2D eigenvalue weighted by atomic mass is 10.2. The number of nitrogens with zero attached hydrogens (tertiary/aromatic N) is 2. The smallest absolute Gasteiger partial charge is 0.335 e. The van der Waals surface area contributed by atoms with E-state index in [-0.39, 0.29) is 11.4 Å². The normalized spacial score (nSPS) is 10.4. The maximum Gasteiger partial charge on any atom is 0.335 e. The molecule has 0 aliphatic rings. The molecule has 0 fully saturated rings. The maximum atomic E-state index is 13.0. The number of hydrogen-bond donors (Lipinski definition) is 3. The highest BCUT2D eigenvalue weighted by Crippen LogP contribution is 2.18. The third kappa shape index (κ3) is 4.54. The molecule has 6 nitrogen and oxygen atoms in total. The molecule has 0 amide bonds. The summed E-state index contributed by atoms with van der Waals surface area (Å²) in [5.41, 5.74) is 2.46. The summed E-state index contributed by atoms with van der Waals surface area (Å²) in [4.78, 5) is 19.8. The SMILES string of the molecule is Cc1cc(Nc2cccc(C(=O)O)c2)nc(NCc2ccc(F)cc2)n1. The van der Waals surface area contributed by atoms with Gasteiger partial charge < -0.3 is 15.7 Å². The van der Waals surface area contributed by atoms with Crippen LogP contribution in [0.3, 0.4) is 0 Å². The van der Waals surface area contributed by atoms with Crippen molar-refractivity contribution in [3.05, 3.63) is 77.2 Å². The zero-order valence-electron chi connectivity index (χ0n) is 14.0. The van der Waals surface area contributed by atoms with E-state index in [1.807, 2.05) is 6.92 Å². The Balaban J connectivity index is 1.74. The summed E-state index contributed by atoms with van der Waals surface area (Å²) in [6, 6.07) is 14.4. The van der Waals surface area contributed by atoms with Crippen molar-refractivity contribution in [3.8, 4) is 0 Å². The molecule has 132 valence electrons. The van der Waals surface area contributed by atoms with Gasteiger partial charge in [0.25, 0.3) is 0 Å². The molecule has 3 rings (SSSR count). The lowest BCUT2D eigenvalue weighted by Gasteiger charge is -2.10. The van der Waals surface area contributed by atoms with E-state index in [1.54, 1.807) is 30.3 Å². The molecular weight excluding hydrogens is 335 g/mol. The molecule has 0 atom stereocenters. The first-order valence-corrected chi connectivity index (χ1v) is 7.94. The minimum absolute atomic E-state index is 0.190. The van der Waals surface area contributed by atoms with E-state index in [0.29, 0.717) is 24.0 Å². The number of aromatic carboxylic acids is 1. The standard InChI is InChI=1S/C19H17FN4O2/c1-12-9-17(23-16-4-2-3-14(10-16)18(25)26)24-19(22-12)21-11-13-5-7-15(20)8-6-13/h2-10H,11H2,1H3,(H,25,26)(H2,21,22,23,24). The van der Waals surface area contributed by atoms with Crippen molar-refractivity contribution < 1.29 is 14.3 Å². The van der Waals surface area contributed by atoms with Gasteiger partial charge in [0.05, 0.1) is 5.56 Å². The van der Waals surface area contributed by atoms with Gasteiger partial charge in [0.2, 0.25) is 5.95 Å². The second kappa shape index (κ2) is 7.60. The summed E-state index contributed by atoms with van der Waals surface area (Å²) >= 11 is 0. The van der Waals surface area contributed by atoms with Gasteiger partial charge in [0.15, 0.2) is 0 Å². The van der Waals surface area contributed by atoms with Gasteiger partial charge in [-0.3, -0.25) is 0 Å². The van der Waals surface area contributed by atoms with Crippen LogP contribution in [0.4, 0.5) is 21.8 Å². The Kier molecular flexibility index (Phi) is 5.07. The molecule has 0 spiro atoms. The monoisotopic (exact) mass is 352 g/mol. The van der Waals surface area contributed by atoms with Crippen LogP contribution in [-0.4, -0.2) is 21.0 Å². The van der Waals surface area contributed by atoms with Crippen molar-refractivity contribution in [1.82, 2.24) is 9.97 Å². The summed E-state index contributed by atoms with van der Waals surface area (Å²) in [6.45, 7) is 2.29. The van der Waals surface area contributed by atoms with E-state index >= 15 is 0 Å². The first-order chi connectivity index (χ1) is 12.5. The second-order valence-corrected chi connectivity index (χ2v) is 5.71. The van der Waals surface area contributed by atoms with Crippen molar-refractivity contribution >= 4 is 23.4 Å². The number of carboxylic acid groups (broad SMARTS) is 1. The summed E-state index contributed by atoms with van der Waals surface area (Å²) in [6.07, 6.45) is 0. The predicted molar refractivity (Wildman–Crippen MR) is 97.2 cm³/mol. The van der Waals surface area contributed by atoms with Gasteiger partial charge in [-0.15, -0.1) is 0 Å². The Labute approximate surface area is 149 Å². The van der Waals surface area contributed by atoms with Crippen LogP contribution in [0.5, 0.6) is 0 Å². The van der Waals surface area contributed by atoms with Gasteiger partial charge in [-0.05, 0) is 42.8 Å². The van der Waals surface area contributed by atoms with Crippen molar-refractivity contribution in [3.63, 3.8) is 0 Å². The molecule has 0 bridgehead atoms.